The van der Waals surface area contributed by atoms with Crippen molar-refractivity contribution in [3.05, 3.63) is 88.7 Å². The van der Waals surface area contributed by atoms with Crippen molar-refractivity contribution in [3.8, 4) is 0 Å². The predicted molar refractivity (Wildman–Crippen MR) is 147 cm³/mol. The highest BCUT2D eigenvalue weighted by molar-refractivity contribution is 6.22. The molecule has 188 valence electrons. The second-order valence-electron chi connectivity index (χ2n) is 10.2. The highest BCUT2D eigenvalue weighted by Gasteiger charge is 2.39. The molecule has 1 aromatic heterocycles. The van der Waals surface area contributed by atoms with E-state index < -0.39 is 0 Å². The summed E-state index contributed by atoms with van der Waals surface area (Å²) in [5, 5.41) is 0. The van der Waals surface area contributed by atoms with Gasteiger partial charge in [-0.2, -0.15) is 0 Å². The van der Waals surface area contributed by atoms with Gasteiger partial charge in [-0.05, 0) is 68.7 Å². The second kappa shape index (κ2) is 10.3. The van der Waals surface area contributed by atoms with Gasteiger partial charge in [0.15, 0.2) is 0 Å². The fraction of sp³-hybridized carbons (Fsp3) is 0.400. The molecule has 2 aliphatic heterocycles. The summed E-state index contributed by atoms with van der Waals surface area (Å²) in [6, 6.07) is 20.5. The number of aliphatic imine (C=N–C) groups is 1. The zero-order valence-electron chi connectivity index (χ0n) is 21.9. The van der Waals surface area contributed by atoms with Gasteiger partial charge < -0.3 is 9.47 Å². The Morgan fingerprint density at radius 1 is 0.806 bits per heavy atom. The van der Waals surface area contributed by atoms with Crippen molar-refractivity contribution in [2.45, 2.75) is 46.7 Å². The molecule has 1 fully saturated rings. The summed E-state index contributed by atoms with van der Waals surface area (Å²) >= 11 is 0. The van der Waals surface area contributed by atoms with E-state index in [2.05, 4.69) is 84.5 Å². The van der Waals surface area contributed by atoms with Crippen molar-refractivity contribution >= 4 is 17.6 Å². The number of benzene rings is 2. The summed E-state index contributed by atoms with van der Waals surface area (Å²) in [6.07, 6.45) is 0.625. The van der Waals surface area contributed by atoms with Crippen LogP contribution in [0.2, 0.25) is 0 Å². The summed E-state index contributed by atoms with van der Waals surface area (Å²) < 4.78 is 2.39. The maximum Gasteiger partial charge on any atom is 0.259 e. The first-order valence-electron chi connectivity index (χ1n) is 13.0. The molecule has 0 bridgehead atoms. The average molecular weight is 484 g/mol. The van der Waals surface area contributed by atoms with Gasteiger partial charge >= 0.3 is 0 Å². The summed E-state index contributed by atoms with van der Waals surface area (Å²) in [6.45, 7) is 14.3. The Morgan fingerprint density at radius 3 is 2.17 bits per heavy atom. The van der Waals surface area contributed by atoms with Crippen molar-refractivity contribution in [3.63, 3.8) is 0 Å². The molecule has 1 atom stereocenters. The summed E-state index contributed by atoms with van der Waals surface area (Å²) in [5.41, 5.74) is 7.11. The molecule has 0 aliphatic carbocycles. The van der Waals surface area contributed by atoms with Gasteiger partial charge in [-0.25, -0.2) is 9.89 Å². The highest BCUT2D eigenvalue weighted by Crippen LogP contribution is 2.27. The molecular formula is C30H37N5O. The largest absolute Gasteiger partial charge is 0.348 e. The van der Waals surface area contributed by atoms with Gasteiger partial charge in [0.05, 0.1) is 5.69 Å². The number of anilines is 1. The van der Waals surface area contributed by atoms with Gasteiger partial charge in [-0.3, -0.25) is 9.69 Å². The van der Waals surface area contributed by atoms with E-state index in [1.165, 1.54) is 22.5 Å². The van der Waals surface area contributed by atoms with E-state index in [1.807, 2.05) is 23.1 Å². The molecule has 3 heterocycles. The molecule has 0 saturated carbocycles. The number of aryl methyl sites for hydroxylation is 4. The number of amides is 1. The van der Waals surface area contributed by atoms with Crippen LogP contribution in [0, 0.1) is 27.7 Å². The van der Waals surface area contributed by atoms with E-state index in [4.69, 9.17) is 4.99 Å². The highest BCUT2D eigenvalue weighted by atomic mass is 16.2. The standard InChI is InChI=1S/C30H37N5O/c1-22-10-13-27(20-23(22)2)35-29(36)28(21-26-8-6-5-7-9-26)31-30(35)33-17-14-32(15-18-33)16-19-34-24(3)11-12-25(34)4/h5-13,20,28H,14-19,21H2,1-4H3. The van der Waals surface area contributed by atoms with Crippen LogP contribution >= 0.6 is 0 Å². The van der Waals surface area contributed by atoms with Gasteiger partial charge in [0.1, 0.15) is 6.04 Å². The fourth-order valence-electron chi connectivity index (χ4n) is 5.27. The van der Waals surface area contributed by atoms with Crippen molar-refractivity contribution in [1.82, 2.24) is 14.4 Å². The Morgan fingerprint density at radius 2 is 1.50 bits per heavy atom. The first kappa shape index (κ1) is 24.3. The molecule has 36 heavy (non-hydrogen) atoms. The van der Waals surface area contributed by atoms with Crippen molar-refractivity contribution in [1.29, 1.82) is 0 Å². The Balaban J connectivity index is 1.32. The summed E-state index contributed by atoms with van der Waals surface area (Å²) in [5.74, 6) is 0.874. The van der Waals surface area contributed by atoms with Crippen LogP contribution in [0.15, 0.2) is 65.7 Å². The Bertz CT molecular complexity index is 1230. The molecule has 6 heteroatoms. The zero-order chi connectivity index (χ0) is 25.2. The number of hydrogen-bond acceptors (Lipinski definition) is 4. The number of aromatic nitrogens is 1. The van der Waals surface area contributed by atoms with Crippen molar-refractivity contribution < 1.29 is 4.79 Å². The topological polar surface area (TPSA) is 44.1 Å². The van der Waals surface area contributed by atoms with Crippen LogP contribution in [-0.4, -0.2) is 65.0 Å². The lowest BCUT2D eigenvalue weighted by Gasteiger charge is -2.38. The van der Waals surface area contributed by atoms with E-state index in [1.54, 1.807) is 0 Å². The van der Waals surface area contributed by atoms with Crippen LogP contribution in [0.1, 0.15) is 28.1 Å². The van der Waals surface area contributed by atoms with E-state index in [-0.39, 0.29) is 11.9 Å². The number of piperazine rings is 1. The van der Waals surface area contributed by atoms with Gasteiger partial charge in [0, 0.05) is 57.1 Å². The molecule has 1 amide bonds. The quantitative estimate of drug-likeness (QED) is 0.524. The zero-order valence-corrected chi connectivity index (χ0v) is 21.9. The lowest BCUT2D eigenvalue weighted by molar-refractivity contribution is -0.118. The maximum atomic E-state index is 13.7. The van der Waals surface area contributed by atoms with Crippen molar-refractivity contribution in [2.24, 2.45) is 4.99 Å². The van der Waals surface area contributed by atoms with Crippen LogP contribution in [0.3, 0.4) is 0 Å². The SMILES string of the molecule is Cc1ccc(N2C(=O)C(Cc3ccccc3)N=C2N2CCN(CCn3c(C)ccc3C)CC2)cc1C. The fourth-order valence-corrected chi connectivity index (χ4v) is 5.27. The number of carbonyl (C=O) groups excluding carboxylic acids is 1. The van der Waals surface area contributed by atoms with E-state index in [9.17, 15) is 4.79 Å². The lowest BCUT2D eigenvalue weighted by Crippen LogP contribution is -2.53. The third-order valence-corrected chi connectivity index (χ3v) is 7.71. The van der Waals surface area contributed by atoms with E-state index in [0.717, 1.165) is 56.5 Å². The van der Waals surface area contributed by atoms with Crippen LogP contribution in [0.4, 0.5) is 5.69 Å². The number of nitrogens with zero attached hydrogens (tertiary/aromatic N) is 5. The minimum atomic E-state index is -0.387. The minimum absolute atomic E-state index is 0.0677. The molecule has 2 aromatic carbocycles. The van der Waals surface area contributed by atoms with Gasteiger partial charge in [0.2, 0.25) is 5.96 Å². The molecule has 5 rings (SSSR count). The first-order valence-corrected chi connectivity index (χ1v) is 13.0. The van der Waals surface area contributed by atoms with Crippen molar-refractivity contribution in [2.75, 3.05) is 37.6 Å². The number of guanidine groups is 1. The molecular weight excluding hydrogens is 446 g/mol. The van der Waals surface area contributed by atoms with E-state index in [0.29, 0.717) is 6.42 Å². The van der Waals surface area contributed by atoms with Gasteiger partial charge in [0.25, 0.3) is 5.91 Å². The number of carbonyl (C=O) groups is 1. The average Bonchev–Trinajstić information content (AvgIpc) is 3.38. The molecule has 1 saturated heterocycles. The van der Waals surface area contributed by atoms with Crippen LogP contribution in [0.5, 0.6) is 0 Å². The lowest BCUT2D eigenvalue weighted by atomic mass is 10.1. The Labute approximate surface area is 214 Å². The van der Waals surface area contributed by atoms with E-state index >= 15 is 0 Å². The summed E-state index contributed by atoms with van der Waals surface area (Å²) in [4.78, 5) is 25.4. The molecule has 1 unspecified atom stereocenters. The Hall–Kier alpha value is -3.38. The molecule has 6 nitrogen and oxygen atoms in total. The number of rotatable bonds is 6. The molecule has 0 N–H and O–H groups in total. The van der Waals surface area contributed by atoms with Crippen LogP contribution in [-0.2, 0) is 17.8 Å². The predicted octanol–water partition coefficient (Wildman–Crippen LogP) is 4.35. The monoisotopic (exact) mass is 483 g/mol. The third-order valence-electron chi connectivity index (χ3n) is 7.71. The first-order chi connectivity index (χ1) is 17.4. The number of hydrogen-bond donors (Lipinski definition) is 0. The van der Waals surface area contributed by atoms with Gasteiger partial charge in [-0.1, -0.05) is 36.4 Å². The van der Waals surface area contributed by atoms with Gasteiger partial charge in [-0.15, -0.1) is 0 Å². The van der Waals surface area contributed by atoms with Crippen LogP contribution < -0.4 is 4.90 Å². The second-order valence-corrected chi connectivity index (χ2v) is 10.2. The Kier molecular flexibility index (Phi) is 6.97. The molecule has 0 radical (unpaired) electrons. The minimum Gasteiger partial charge on any atom is -0.348 e. The molecule has 0 spiro atoms. The maximum absolute atomic E-state index is 13.7. The normalized spacial score (nSPS) is 18.7. The third kappa shape index (κ3) is 4.96. The smallest absolute Gasteiger partial charge is 0.259 e. The molecule has 3 aromatic rings. The summed E-state index contributed by atoms with van der Waals surface area (Å²) in [7, 11) is 0. The molecule has 2 aliphatic rings. The van der Waals surface area contributed by atoms with Crippen LogP contribution in [0.25, 0.3) is 0 Å².